The molecule has 2 aliphatic rings. The number of carbonyl (C=O) groups excluding carboxylic acids is 2. The van der Waals surface area contributed by atoms with Gasteiger partial charge >= 0.3 is 5.69 Å². The van der Waals surface area contributed by atoms with Crippen LogP contribution in [0.25, 0.3) is 17.1 Å². The zero-order valence-corrected chi connectivity index (χ0v) is 16.4. The van der Waals surface area contributed by atoms with Crippen LogP contribution in [0.15, 0.2) is 27.9 Å². The first kappa shape index (κ1) is 18.1. The number of imide groups is 1. The normalized spacial score (nSPS) is 20.4. The van der Waals surface area contributed by atoms with E-state index in [0.29, 0.717) is 17.4 Å². The summed E-state index contributed by atoms with van der Waals surface area (Å²) in [6.07, 6.45) is 7.57. The van der Waals surface area contributed by atoms with E-state index in [2.05, 4.69) is 0 Å². The van der Waals surface area contributed by atoms with Crippen LogP contribution in [-0.4, -0.2) is 31.7 Å². The molecule has 2 heterocycles. The molecule has 142 valence electrons. The predicted octanol–water partition coefficient (Wildman–Crippen LogP) is 3.49. The van der Waals surface area contributed by atoms with E-state index in [0.717, 1.165) is 41.2 Å². The Hall–Kier alpha value is -2.28. The van der Waals surface area contributed by atoms with Crippen molar-refractivity contribution < 1.29 is 9.59 Å². The number of carbonyl (C=O) groups is 2. The zero-order chi connectivity index (χ0) is 19.1. The quantitative estimate of drug-likeness (QED) is 0.759. The summed E-state index contributed by atoms with van der Waals surface area (Å²) in [4.78, 5) is 39.0. The highest BCUT2D eigenvalue weighted by atomic mass is 32.2. The topological polar surface area (TPSA) is 64.3 Å². The van der Waals surface area contributed by atoms with Crippen molar-refractivity contribution in [3.8, 4) is 0 Å². The van der Waals surface area contributed by atoms with Gasteiger partial charge in [-0.2, -0.15) is 0 Å². The Morgan fingerprint density at radius 1 is 1.04 bits per heavy atom. The highest BCUT2D eigenvalue weighted by Crippen LogP contribution is 2.35. The summed E-state index contributed by atoms with van der Waals surface area (Å²) in [5.74, 6) is 0.236. The van der Waals surface area contributed by atoms with Gasteiger partial charge in [-0.1, -0.05) is 25.3 Å². The monoisotopic (exact) mass is 385 g/mol. The number of benzene rings is 1. The van der Waals surface area contributed by atoms with Gasteiger partial charge in [-0.05, 0) is 54.3 Å². The number of aromatic nitrogens is 2. The fourth-order valence-electron chi connectivity index (χ4n) is 4.05. The third kappa shape index (κ3) is 3.25. The van der Waals surface area contributed by atoms with Gasteiger partial charge in [0.25, 0.3) is 11.1 Å². The summed E-state index contributed by atoms with van der Waals surface area (Å²) >= 11 is 1.01. The van der Waals surface area contributed by atoms with Crippen molar-refractivity contribution >= 4 is 40.0 Å². The second-order valence-corrected chi connectivity index (χ2v) is 8.44. The van der Waals surface area contributed by atoms with E-state index < -0.39 is 0 Å². The number of hydrogen-bond donors (Lipinski definition) is 0. The van der Waals surface area contributed by atoms with Crippen molar-refractivity contribution in [2.24, 2.45) is 20.0 Å². The molecule has 1 aliphatic carbocycles. The molecule has 2 fully saturated rings. The maximum atomic E-state index is 12.7. The smallest absolute Gasteiger partial charge is 0.295 e. The summed E-state index contributed by atoms with van der Waals surface area (Å²) in [5.41, 5.74) is 2.37. The molecule has 1 aromatic heterocycles. The standard InChI is InChI=1S/C20H23N3O3S/c1-21-15-9-8-14(10-16(15)22(2)19(21)25)11-17-18(24)23(20(26)27-17)12-13-6-4-3-5-7-13/h8-11,13H,3-7,12H2,1-2H3/b17-11+. The summed E-state index contributed by atoms with van der Waals surface area (Å²) < 4.78 is 3.18. The van der Waals surface area contributed by atoms with Crippen molar-refractivity contribution in [2.45, 2.75) is 32.1 Å². The second-order valence-electron chi connectivity index (χ2n) is 7.45. The number of aryl methyl sites for hydroxylation is 2. The first-order chi connectivity index (χ1) is 13.0. The minimum Gasteiger partial charge on any atom is -0.295 e. The molecule has 7 heteroatoms. The first-order valence-electron chi connectivity index (χ1n) is 9.36. The zero-order valence-electron chi connectivity index (χ0n) is 15.6. The Kier molecular flexibility index (Phi) is 4.72. The van der Waals surface area contributed by atoms with E-state index in [9.17, 15) is 14.4 Å². The SMILES string of the molecule is Cn1c(=O)n(C)c2cc(/C=C3/SC(=O)N(CC4CCCCC4)C3=O)ccc21. The van der Waals surface area contributed by atoms with Gasteiger partial charge < -0.3 is 0 Å². The van der Waals surface area contributed by atoms with Gasteiger partial charge in [0.1, 0.15) is 0 Å². The fourth-order valence-corrected chi connectivity index (χ4v) is 4.90. The third-order valence-electron chi connectivity index (χ3n) is 5.63. The average Bonchev–Trinajstić information content (AvgIpc) is 3.05. The van der Waals surface area contributed by atoms with E-state index >= 15 is 0 Å². The van der Waals surface area contributed by atoms with Crippen LogP contribution in [0, 0.1) is 5.92 Å². The molecule has 2 amide bonds. The van der Waals surface area contributed by atoms with Gasteiger partial charge in [0.05, 0.1) is 15.9 Å². The maximum absolute atomic E-state index is 12.7. The summed E-state index contributed by atoms with van der Waals surface area (Å²) in [5, 5.41) is -0.176. The largest absolute Gasteiger partial charge is 0.328 e. The van der Waals surface area contributed by atoms with Crippen LogP contribution in [0.1, 0.15) is 37.7 Å². The molecule has 1 aromatic carbocycles. The van der Waals surface area contributed by atoms with Gasteiger partial charge in [-0.3, -0.25) is 23.6 Å². The van der Waals surface area contributed by atoms with Gasteiger partial charge in [-0.25, -0.2) is 4.79 Å². The fraction of sp³-hybridized carbons (Fsp3) is 0.450. The molecule has 0 atom stereocenters. The Morgan fingerprint density at radius 3 is 2.48 bits per heavy atom. The number of thioether (sulfide) groups is 1. The molecule has 0 radical (unpaired) electrons. The number of imidazole rings is 1. The van der Waals surface area contributed by atoms with E-state index in [4.69, 9.17) is 0 Å². The van der Waals surface area contributed by atoms with Gasteiger partial charge in [-0.15, -0.1) is 0 Å². The molecule has 2 aromatic rings. The number of amides is 2. The van der Waals surface area contributed by atoms with Crippen molar-refractivity contribution in [1.29, 1.82) is 0 Å². The molecule has 0 bridgehead atoms. The summed E-state index contributed by atoms with van der Waals surface area (Å²) in [6, 6.07) is 5.62. The Labute approximate surface area is 161 Å². The van der Waals surface area contributed by atoms with E-state index in [1.165, 1.54) is 24.2 Å². The predicted molar refractivity (Wildman–Crippen MR) is 107 cm³/mol. The van der Waals surface area contributed by atoms with Crippen LogP contribution in [0.4, 0.5) is 4.79 Å². The van der Waals surface area contributed by atoms with Crippen LogP contribution < -0.4 is 5.69 Å². The Balaban J connectivity index is 1.59. The van der Waals surface area contributed by atoms with E-state index in [1.807, 2.05) is 18.2 Å². The second kappa shape index (κ2) is 7.03. The minimum absolute atomic E-state index is 0.0880. The highest BCUT2D eigenvalue weighted by molar-refractivity contribution is 8.18. The molecular formula is C20H23N3O3S. The summed E-state index contributed by atoms with van der Waals surface area (Å²) in [7, 11) is 3.47. The molecule has 6 nitrogen and oxygen atoms in total. The van der Waals surface area contributed by atoms with Crippen molar-refractivity contribution in [1.82, 2.24) is 14.0 Å². The lowest BCUT2D eigenvalue weighted by Crippen LogP contribution is -2.34. The lowest BCUT2D eigenvalue weighted by atomic mass is 9.89. The molecule has 1 aliphatic heterocycles. The molecule has 1 saturated heterocycles. The summed E-state index contributed by atoms with van der Waals surface area (Å²) in [6.45, 7) is 0.536. The Bertz CT molecular complexity index is 1010. The van der Waals surface area contributed by atoms with Gasteiger partial charge in [0.2, 0.25) is 0 Å². The van der Waals surface area contributed by atoms with Crippen molar-refractivity contribution in [3.63, 3.8) is 0 Å². The van der Waals surface area contributed by atoms with Crippen LogP contribution >= 0.6 is 11.8 Å². The molecule has 1 saturated carbocycles. The Morgan fingerprint density at radius 2 is 1.74 bits per heavy atom. The van der Waals surface area contributed by atoms with Crippen LogP contribution in [-0.2, 0) is 18.9 Å². The van der Waals surface area contributed by atoms with Crippen LogP contribution in [0.5, 0.6) is 0 Å². The lowest BCUT2D eigenvalue weighted by molar-refractivity contribution is -0.123. The highest BCUT2D eigenvalue weighted by Gasteiger charge is 2.36. The number of fused-ring (bicyclic) bond motifs is 1. The third-order valence-corrected chi connectivity index (χ3v) is 6.54. The van der Waals surface area contributed by atoms with Crippen LogP contribution in [0.2, 0.25) is 0 Å². The molecule has 4 rings (SSSR count). The van der Waals surface area contributed by atoms with Crippen molar-refractivity contribution in [3.05, 3.63) is 39.2 Å². The number of rotatable bonds is 3. The molecule has 27 heavy (non-hydrogen) atoms. The molecule has 0 unspecified atom stereocenters. The number of nitrogens with zero attached hydrogens (tertiary/aromatic N) is 3. The van der Waals surface area contributed by atoms with Gasteiger partial charge in [0.15, 0.2) is 0 Å². The van der Waals surface area contributed by atoms with Crippen molar-refractivity contribution in [2.75, 3.05) is 6.54 Å². The maximum Gasteiger partial charge on any atom is 0.328 e. The average molecular weight is 385 g/mol. The first-order valence-corrected chi connectivity index (χ1v) is 10.2. The van der Waals surface area contributed by atoms with E-state index in [-0.39, 0.29) is 16.8 Å². The number of hydrogen-bond acceptors (Lipinski definition) is 4. The van der Waals surface area contributed by atoms with Gasteiger partial charge in [0, 0.05) is 20.6 Å². The van der Waals surface area contributed by atoms with E-state index in [1.54, 1.807) is 29.3 Å². The lowest BCUT2D eigenvalue weighted by Gasteiger charge is -2.25. The molecule has 0 N–H and O–H groups in total. The molecule has 0 spiro atoms. The minimum atomic E-state index is -0.197. The van der Waals surface area contributed by atoms with Crippen LogP contribution in [0.3, 0.4) is 0 Å². The molecular weight excluding hydrogens is 362 g/mol.